The standard InChI is InChI=1S/C26H30N2O6S/c1-15(2)24-28(22(14-35-24)25(30)31)23(29)21(13-33-3)27-26(32)34-12-20-18-10-6-4-8-16(18)17-9-5-7-11-19(17)20/h4-11,15,20-22,24H,12-14H2,1-3H3,(H,27,32)(H,30,31). The summed E-state index contributed by atoms with van der Waals surface area (Å²) in [6.07, 6.45) is -0.748. The third-order valence-corrected chi connectivity index (χ3v) is 8.03. The first-order valence-electron chi connectivity index (χ1n) is 11.6. The lowest BCUT2D eigenvalue weighted by Gasteiger charge is -2.32. The average Bonchev–Trinajstić information content (AvgIpc) is 3.42. The molecule has 1 aliphatic carbocycles. The number of carboxylic acids is 1. The van der Waals surface area contributed by atoms with Crippen LogP contribution in [0, 0.1) is 5.92 Å². The largest absolute Gasteiger partial charge is 0.480 e. The van der Waals surface area contributed by atoms with E-state index in [1.165, 1.54) is 23.8 Å². The summed E-state index contributed by atoms with van der Waals surface area (Å²) in [5.41, 5.74) is 4.42. The molecule has 2 N–H and O–H groups in total. The second-order valence-electron chi connectivity index (χ2n) is 9.05. The molecule has 2 aromatic carbocycles. The highest BCUT2D eigenvalue weighted by Gasteiger charge is 2.45. The summed E-state index contributed by atoms with van der Waals surface area (Å²) in [5.74, 6) is -1.32. The second-order valence-corrected chi connectivity index (χ2v) is 10.2. The monoisotopic (exact) mass is 498 g/mol. The molecule has 4 rings (SSSR count). The lowest BCUT2D eigenvalue weighted by molar-refractivity contribution is -0.151. The fourth-order valence-corrected chi connectivity index (χ4v) is 6.29. The highest BCUT2D eigenvalue weighted by atomic mass is 32.2. The van der Waals surface area contributed by atoms with E-state index in [1.54, 1.807) is 0 Å². The molecule has 2 amide bonds. The van der Waals surface area contributed by atoms with E-state index in [4.69, 9.17) is 9.47 Å². The van der Waals surface area contributed by atoms with Gasteiger partial charge in [0.05, 0.1) is 12.0 Å². The Morgan fingerprint density at radius 2 is 1.69 bits per heavy atom. The average molecular weight is 499 g/mol. The Hall–Kier alpha value is -3.04. The summed E-state index contributed by atoms with van der Waals surface area (Å²) in [5, 5.41) is 11.9. The van der Waals surface area contributed by atoms with Gasteiger partial charge in [-0.2, -0.15) is 0 Å². The molecule has 2 aromatic rings. The van der Waals surface area contributed by atoms with Crippen molar-refractivity contribution >= 4 is 29.7 Å². The van der Waals surface area contributed by atoms with Gasteiger partial charge in [0.25, 0.3) is 0 Å². The molecule has 0 aromatic heterocycles. The van der Waals surface area contributed by atoms with Crippen LogP contribution in [0.4, 0.5) is 4.79 Å². The molecular weight excluding hydrogens is 468 g/mol. The first-order chi connectivity index (χ1) is 16.8. The molecule has 0 radical (unpaired) electrons. The van der Waals surface area contributed by atoms with Crippen LogP contribution >= 0.6 is 11.8 Å². The number of carbonyl (C=O) groups is 3. The Morgan fingerprint density at radius 3 is 2.23 bits per heavy atom. The van der Waals surface area contributed by atoms with Gasteiger partial charge in [-0.05, 0) is 28.2 Å². The zero-order valence-electron chi connectivity index (χ0n) is 20.0. The normalized spacial score (nSPS) is 19.8. The van der Waals surface area contributed by atoms with Crippen LogP contribution in [0.2, 0.25) is 0 Å². The van der Waals surface area contributed by atoms with E-state index in [9.17, 15) is 19.5 Å². The Labute approximate surface area is 209 Å². The summed E-state index contributed by atoms with van der Waals surface area (Å²) in [4.78, 5) is 39.3. The number of carboxylic acid groups (broad SMARTS) is 1. The molecule has 0 spiro atoms. The molecule has 1 heterocycles. The molecule has 0 bridgehead atoms. The Bertz CT molecular complexity index is 1060. The number of hydrogen-bond donors (Lipinski definition) is 2. The number of thioether (sulfide) groups is 1. The fraction of sp³-hybridized carbons (Fsp3) is 0.423. The lowest BCUT2D eigenvalue weighted by atomic mass is 9.98. The minimum atomic E-state index is -1.06. The molecule has 1 saturated heterocycles. The molecule has 8 nitrogen and oxygen atoms in total. The zero-order chi connectivity index (χ0) is 25.1. The number of fused-ring (bicyclic) bond motifs is 3. The quantitative estimate of drug-likeness (QED) is 0.573. The van der Waals surface area contributed by atoms with Crippen molar-refractivity contribution in [1.29, 1.82) is 0 Å². The van der Waals surface area contributed by atoms with Crippen molar-refractivity contribution in [3.05, 3.63) is 59.7 Å². The number of ether oxygens (including phenoxy) is 2. The van der Waals surface area contributed by atoms with Crippen LogP contribution in [-0.2, 0) is 19.1 Å². The van der Waals surface area contributed by atoms with E-state index in [2.05, 4.69) is 17.4 Å². The van der Waals surface area contributed by atoms with E-state index in [1.807, 2.05) is 50.2 Å². The van der Waals surface area contributed by atoms with Crippen molar-refractivity contribution in [2.24, 2.45) is 5.92 Å². The first kappa shape index (κ1) is 25.1. The fourth-order valence-electron chi connectivity index (χ4n) is 4.81. The molecule has 1 aliphatic heterocycles. The third-order valence-electron chi connectivity index (χ3n) is 6.41. The molecule has 3 unspecified atom stereocenters. The summed E-state index contributed by atoms with van der Waals surface area (Å²) < 4.78 is 10.8. The minimum absolute atomic E-state index is 0.0472. The van der Waals surface area contributed by atoms with Crippen molar-refractivity contribution in [2.45, 2.75) is 37.2 Å². The van der Waals surface area contributed by atoms with Crippen LogP contribution in [0.5, 0.6) is 0 Å². The molecule has 9 heteroatoms. The molecule has 1 fully saturated rings. The van der Waals surface area contributed by atoms with Crippen LogP contribution in [0.1, 0.15) is 30.9 Å². The van der Waals surface area contributed by atoms with Crippen LogP contribution < -0.4 is 5.32 Å². The number of benzene rings is 2. The van der Waals surface area contributed by atoms with Crippen LogP contribution in [0.3, 0.4) is 0 Å². The highest BCUT2D eigenvalue weighted by molar-refractivity contribution is 8.00. The van der Waals surface area contributed by atoms with Gasteiger partial charge in [0.15, 0.2) is 0 Å². The maximum atomic E-state index is 13.4. The van der Waals surface area contributed by atoms with Gasteiger partial charge >= 0.3 is 12.1 Å². The molecule has 186 valence electrons. The maximum Gasteiger partial charge on any atom is 0.407 e. The Balaban J connectivity index is 1.46. The number of rotatable bonds is 8. The van der Waals surface area contributed by atoms with Crippen LogP contribution in [0.15, 0.2) is 48.5 Å². The van der Waals surface area contributed by atoms with Gasteiger partial charge in [-0.3, -0.25) is 4.79 Å². The lowest BCUT2D eigenvalue weighted by Crippen LogP contribution is -2.56. The molecular formula is C26H30N2O6S. The number of carbonyl (C=O) groups excluding carboxylic acids is 2. The van der Waals surface area contributed by atoms with Crippen molar-refractivity contribution in [2.75, 3.05) is 26.1 Å². The predicted molar refractivity (Wildman–Crippen MR) is 133 cm³/mol. The molecule has 35 heavy (non-hydrogen) atoms. The molecule has 3 atom stereocenters. The topological polar surface area (TPSA) is 105 Å². The predicted octanol–water partition coefficient (Wildman–Crippen LogP) is 3.55. The van der Waals surface area contributed by atoms with Crippen LogP contribution in [0.25, 0.3) is 11.1 Å². The van der Waals surface area contributed by atoms with Crippen molar-refractivity contribution in [3.8, 4) is 11.1 Å². The number of aliphatic carboxylic acids is 1. The summed E-state index contributed by atoms with van der Waals surface area (Å²) >= 11 is 1.43. The molecule has 2 aliphatic rings. The maximum absolute atomic E-state index is 13.4. The van der Waals surface area contributed by atoms with Gasteiger partial charge < -0.3 is 24.8 Å². The SMILES string of the molecule is COCC(NC(=O)OCC1c2ccccc2-c2ccccc21)C(=O)N1C(C(=O)O)CSC1C(C)C. The number of alkyl carbamates (subject to hydrolysis) is 1. The first-order valence-corrected chi connectivity index (χ1v) is 12.6. The smallest absolute Gasteiger partial charge is 0.407 e. The summed E-state index contributed by atoms with van der Waals surface area (Å²) in [6.45, 7) is 3.89. The third kappa shape index (κ3) is 5.01. The minimum Gasteiger partial charge on any atom is -0.480 e. The summed E-state index contributed by atoms with van der Waals surface area (Å²) in [6, 6.07) is 14.0. The van der Waals surface area contributed by atoms with Gasteiger partial charge in [0, 0.05) is 18.8 Å². The van der Waals surface area contributed by atoms with E-state index >= 15 is 0 Å². The van der Waals surface area contributed by atoms with Gasteiger partial charge in [0.2, 0.25) is 5.91 Å². The van der Waals surface area contributed by atoms with Crippen molar-refractivity contribution in [3.63, 3.8) is 0 Å². The molecule has 0 saturated carbocycles. The van der Waals surface area contributed by atoms with Gasteiger partial charge in [-0.25, -0.2) is 9.59 Å². The zero-order valence-corrected chi connectivity index (χ0v) is 20.8. The Kier molecular flexibility index (Phi) is 7.66. The van der Waals surface area contributed by atoms with Gasteiger partial charge in [-0.1, -0.05) is 62.4 Å². The van der Waals surface area contributed by atoms with Crippen LogP contribution in [-0.4, -0.2) is 71.5 Å². The van der Waals surface area contributed by atoms with Gasteiger partial charge in [-0.15, -0.1) is 11.8 Å². The number of methoxy groups -OCH3 is 1. The number of nitrogens with one attached hydrogen (secondary N) is 1. The second kappa shape index (κ2) is 10.7. The number of amides is 2. The van der Waals surface area contributed by atoms with E-state index in [0.29, 0.717) is 5.75 Å². The van der Waals surface area contributed by atoms with Crippen molar-refractivity contribution in [1.82, 2.24) is 10.2 Å². The van der Waals surface area contributed by atoms with Gasteiger partial charge in [0.1, 0.15) is 18.7 Å². The van der Waals surface area contributed by atoms with E-state index in [0.717, 1.165) is 22.3 Å². The highest BCUT2D eigenvalue weighted by Crippen LogP contribution is 2.44. The number of hydrogen-bond acceptors (Lipinski definition) is 6. The number of nitrogens with zero attached hydrogens (tertiary/aromatic N) is 1. The Morgan fingerprint density at radius 1 is 1.09 bits per heavy atom. The van der Waals surface area contributed by atoms with E-state index in [-0.39, 0.29) is 30.4 Å². The van der Waals surface area contributed by atoms with Crippen molar-refractivity contribution < 1.29 is 29.0 Å². The van der Waals surface area contributed by atoms with E-state index < -0.39 is 30.1 Å². The summed E-state index contributed by atoms with van der Waals surface area (Å²) in [7, 11) is 1.42.